The van der Waals surface area contributed by atoms with Gasteiger partial charge in [-0.25, -0.2) is 0 Å². The molecule has 7 nitrogen and oxygen atoms in total. The average Bonchev–Trinajstić information content (AvgIpc) is 2.63. The molecule has 5 atom stereocenters. The summed E-state index contributed by atoms with van der Waals surface area (Å²) in [5, 5.41) is 0. The van der Waals surface area contributed by atoms with Gasteiger partial charge in [-0.3, -0.25) is 14.6 Å². The van der Waals surface area contributed by atoms with E-state index in [0.717, 1.165) is 11.3 Å². The van der Waals surface area contributed by atoms with Crippen LogP contribution in [0.5, 0.6) is 5.75 Å². The van der Waals surface area contributed by atoms with Crippen molar-refractivity contribution >= 4 is 18.2 Å². The van der Waals surface area contributed by atoms with Gasteiger partial charge in [0, 0.05) is 26.0 Å². The quantitative estimate of drug-likeness (QED) is 0.560. The Morgan fingerprint density at radius 2 is 1.78 bits per heavy atom. The number of esters is 2. The Labute approximate surface area is 159 Å². The van der Waals surface area contributed by atoms with Gasteiger partial charge in [-0.1, -0.05) is 13.8 Å². The third-order valence-electron chi connectivity index (χ3n) is 4.53. The fourth-order valence-electron chi connectivity index (χ4n) is 3.17. The molecule has 1 aliphatic heterocycles. The molecule has 0 aliphatic carbocycles. The van der Waals surface area contributed by atoms with E-state index in [2.05, 4.69) is 4.99 Å². The lowest BCUT2D eigenvalue weighted by Gasteiger charge is -2.42. The molecule has 148 valence electrons. The van der Waals surface area contributed by atoms with E-state index in [9.17, 15) is 9.59 Å². The van der Waals surface area contributed by atoms with Crippen LogP contribution in [0.25, 0.3) is 0 Å². The molecule has 1 heterocycles. The van der Waals surface area contributed by atoms with E-state index in [1.807, 2.05) is 38.1 Å². The summed E-state index contributed by atoms with van der Waals surface area (Å²) in [5.74, 6) is -0.239. The van der Waals surface area contributed by atoms with E-state index < -0.39 is 30.4 Å². The minimum absolute atomic E-state index is 0.0938. The summed E-state index contributed by atoms with van der Waals surface area (Å²) in [6, 6.07) is 6.69. The number of rotatable bonds is 6. The highest BCUT2D eigenvalue weighted by Crippen LogP contribution is 2.32. The van der Waals surface area contributed by atoms with Crippen LogP contribution in [-0.2, 0) is 23.8 Å². The highest BCUT2D eigenvalue weighted by atomic mass is 16.7. The van der Waals surface area contributed by atoms with Crippen LogP contribution in [0.2, 0.25) is 0 Å². The smallest absolute Gasteiger partial charge is 0.305 e. The van der Waals surface area contributed by atoms with Gasteiger partial charge in [0.1, 0.15) is 17.9 Å². The van der Waals surface area contributed by atoms with Crippen molar-refractivity contribution in [3.63, 3.8) is 0 Å². The van der Waals surface area contributed by atoms with E-state index in [0.29, 0.717) is 6.42 Å². The van der Waals surface area contributed by atoms with Crippen molar-refractivity contribution in [3.8, 4) is 5.75 Å². The standard InChI is InChI=1S/C20H27NO6/c1-6-17-12(2)19(25-13(3)22)18(20(27-17)26-14(4)23)21-11-15-7-9-16(24-5)10-8-15/h7-12,17-20H,6H2,1-5H3/b21-11+/t12-,17-,18-,19+,20-/m1/s1. The molecule has 1 aromatic carbocycles. The van der Waals surface area contributed by atoms with Gasteiger partial charge < -0.3 is 18.9 Å². The van der Waals surface area contributed by atoms with Crippen LogP contribution < -0.4 is 4.74 Å². The maximum Gasteiger partial charge on any atom is 0.305 e. The fourth-order valence-corrected chi connectivity index (χ4v) is 3.17. The molecule has 0 unspecified atom stereocenters. The number of benzene rings is 1. The Morgan fingerprint density at radius 3 is 2.30 bits per heavy atom. The minimum Gasteiger partial charge on any atom is -0.497 e. The summed E-state index contributed by atoms with van der Waals surface area (Å²) in [4.78, 5) is 27.7. The van der Waals surface area contributed by atoms with Crippen LogP contribution in [0.4, 0.5) is 0 Å². The molecule has 0 radical (unpaired) electrons. The van der Waals surface area contributed by atoms with Crippen molar-refractivity contribution < 1.29 is 28.5 Å². The van der Waals surface area contributed by atoms with Crippen molar-refractivity contribution in [1.29, 1.82) is 0 Å². The molecule has 27 heavy (non-hydrogen) atoms. The first kappa shape index (κ1) is 20.9. The number of carbonyl (C=O) groups excluding carboxylic acids is 2. The van der Waals surface area contributed by atoms with Gasteiger partial charge in [0.15, 0.2) is 0 Å². The maximum absolute atomic E-state index is 11.6. The Balaban J connectivity index is 2.31. The first-order valence-electron chi connectivity index (χ1n) is 9.02. The number of methoxy groups -OCH3 is 1. The van der Waals surface area contributed by atoms with E-state index in [-0.39, 0.29) is 12.0 Å². The number of carbonyl (C=O) groups is 2. The van der Waals surface area contributed by atoms with Crippen LogP contribution in [-0.4, -0.2) is 49.8 Å². The second kappa shape index (κ2) is 9.50. The summed E-state index contributed by atoms with van der Waals surface area (Å²) in [5.41, 5.74) is 0.837. The van der Waals surface area contributed by atoms with Crippen LogP contribution in [0.3, 0.4) is 0 Å². The summed E-state index contributed by atoms with van der Waals surface area (Å²) in [6.45, 7) is 6.58. The van der Waals surface area contributed by atoms with Gasteiger partial charge in [0.25, 0.3) is 0 Å². The van der Waals surface area contributed by atoms with E-state index >= 15 is 0 Å². The molecule has 1 saturated heterocycles. The minimum atomic E-state index is -0.914. The Bertz CT molecular complexity index is 672. The van der Waals surface area contributed by atoms with Crippen molar-refractivity contribution in [2.45, 2.75) is 58.7 Å². The molecule has 0 N–H and O–H groups in total. The lowest BCUT2D eigenvalue weighted by atomic mass is 9.88. The summed E-state index contributed by atoms with van der Waals surface area (Å²) in [7, 11) is 1.60. The SMILES string of the molecule is CC[C@H]1O[C@@H](OC(C)=O)[C@H](/N=C/c2ccc(OC)cc2)[C@@H](OC(C)=O)[C@@H]1C. The summed E-state index contributed by atoms with van der Waals surface area (Å²) < 4.78 is 22.0. The fraction of sp³-hybridized carbons (Fsp3) is 0.550. The largest absolute Gasteiger partial charge is 0.497 e. The Kier molecular flexibility index (Phi) is 7.36. The van der Waals surface area contributed by atoms with Gasteiger partial charge in [-0.15, -0.1) is 0 Å². The Hall–Kier alpha value is -2.41. The number of aliphatic imine (C=N–C) groups is 1. The summed E-state index contributed by atoms with van der Waals surface area (Å²) in [6.07, 6.45) is 0.680. The van der Waals surface area contributed by atoms with Crippen LogP contribution >= 0.6 is 0 Å². The van der Waals surface area contributed by atoms with Crippen molar-refractivity contribution in [2.75, 3.05) is 7.11 Å². The van der Waals surface area contributed by atoms with E-state index in [4.69, 9.17) is 18.9 Å². The molecule has 1 fully saturated rings. The molecule has 1 aromatic rings. The second-order valence-electron chi connectivity index (χ2n) is 6.54. The molecule has 1 aliphatic rings. The van der Waals surface area contributed by atoms with Gasteiger partial charge in [-0.05, 0) is 36.2 Å². The van der Waals surface area contributed by atoms with Crippen LogP contribution in [0.15, 0.2) is 29.3 Å². The second-order valence-corrected chi connectivity index (χ2v) is 6.54. The van der Waals surface area contributed by atoms with Gasteiger partial charge in [0.2, 0.25) is 6.29 Å². The van der Waals surface area contributed by atoms with Crippen LogP contribution in [0, 0.1) is 5.92 Å². The van der Waals surface area contributed by atoms with Gasteiger partial charge >= 0.3 is 11.9 Å². The average molecular weight is 377 g/mol. The molecule has 0 saturated carbocycles. The lowest BCUT2D eigenvalue weighted by Crippen LogP contribution is -2.55. The number of ether oxygens (including phenoxy) is 4. The molecule has 0 aromatic heterocycles. The topological polar surface area (TPSA) is 83.4 Å². The van der Waals surface area contributed by atoms with Crippen molar-refractivity contribution in [1.82, 2.24) is 0 Å². The monoisotopic (exact) mass is 377 g/mol. The van der Waals surface area contributed by atoms with Gasteiger partial charge in [-0.2, -0.15) is 0 Å². The number of nitrogens with zero attached hydrogens (tertiary/aromatic N) is 1. The first-order valence-corrected chi connectivity index (χ1v) is 9.02. The van der Waals surface area contributed by atoms with Crippen molar-refractivity contribution in [2.24, 2.45) is 10.9 Å². The highest BCUT2D eigenvalue weighted by molar-refractivity contribution is 5.80. The third kappa shape index (κ3) is 5.53. The zero-order valence-electron chi connectivity index (χ0n) is 16.4. The molecular formula is C20H27NO6. The number of hydrogen-bond donors (Lipinski definition) is 0. The number of hydrogen-bond acceptors (Lipinski definition) is 7. The molecule has 0 bridgehead atoms. The molecule has 0 spiro atoms. The zero-order valence-corrected chi connectivity index (χ0v) is 16.4. The molecule has 0 amide bonds. The predicted octanol–water partition coefficient (Wildman–Crippen LogP) is 2.75. The zero-order chi connectivity index (χ0) is 20.0. The molecule has 2 rings (SSSR count). The molecular weight excluding hydrogens is 350 g/mol. The van der Waals surface area contributed by atoms with E-state index in [1.165, 1.54) is 13.8 Å². The Morgan fingerprint density at radius 1 is 1.15 bits per heavy atom. The normalized spacial score (nSPS) is 28.0. The van der Waals surface area contributed by atoms with Crippen molar-refractivity contribution in [3.05, 3.63) is 29.8 Å². The first-order chi connectivity index (χ1) is 12.8. The van der Waals surface area contributed by atoms with Gasteiger partial charge in [0.05, 0.1) is 13.2 Å². The van der Waals surface area contributed by atoms with E-state index in [1.54, 1.807) is 13.3 Å². The predicted molar refractivity (Wildman–Crippen MR) is 99.8 cm³/mol. The molecule has 7 heteroatoms. The summed E-state index contributed by atoms with van der Waals surface area (Å²) >= 11 is 0. The highest BCUT2D eigenvalue weighted by Gasteiger charge is 2.46. The lowest BCUT2D eigenvalue weighted by molar-refractivity contribution is -0.241. The third-order valence-corrected chi connectivity index (χ3v) is 4.53. The van der Waals surface area contributed by atoms with Crippen LogP contribution in [0.1, 0.15) is 39.7 Å². The maximum atomic E-state index is 11.6.